The minimum Gasteiger partial charge on any atom is -0.495 e. The van der Waals surface area contributed by atoms with Crippen LogP contribution in [0, 0.1) is 12.8 Å². The highest BCUT2D eigenvalue weighted by Gasteiger charge is 2.14. The van der Waals surface area contributed by atoms with Gasteiger partial charge in [-0.1, -0.05) is 25.4 Å². The maximum absolute atomic E-state index is 6.07. The largest absolute Gasteiger partial charge is 0.495 e. The third-order valence-electron chi connectivity index (χ3n) is 2.88. The molecule has 0 aliphatic heterocycles. The van der Waals surface area contributed by atoms with Gasteiger partial charge in [-0.2, -0.15) is 0 Å². The Morgan fingerprint density at radius 3 is 2.53 bits per heavy atom. The molecule has 0 aliphatic carbocycles. The Balaban J connectivity index is 3.00. The van der Waals surface area contributed by atoms with Gasteiger partial charge >= 0.3 is 0 Å². The summed E-state index contributed by atoms with van der Waals surface area (Å²) in [6, 6.07) is 4.05. The minimum atomic E-state index is 0.226. The van der Waals surface area contributed by atoms with Crippen LogP contribution in [0.2, 0.25) is 5.02 Å². The summed E-state index contributed by atoms with van der Waals surface area (Å²) >= 11 is 6.07. The van der Waals surface area contributed by atoms with Gasteiger partial charge in [0.05, 0.1) is 12.8 Å². The Bertz CT molecular complexity index is 380. The Morgan fingerprint density at radius 1 is 1.41 bits per heavy atom. The van der Waals surface area contributed by atoms with Crippen LogP contribution >= 0.6 is 11.6 Å². The second-order valence-corrected chi connectivity index (χ2v) is 4.94. The lowest BCUT2D eigenvalue weighted by Crippen LogP contribution is -2.33. The molecule has 0 saturated heterocycles. The van der Waals surface area contributed by atoms with Crippen molar-refractivity contribution in [3.05, 3.63) is 22.7 Å². The van der Waals surface area contributed by atoms with Crippen molar-refractivity contribution in [2.45, 2.75) is 26.8 Å². The molecule has 96 valence electrons. The van der Waals surface area contributed by atoms with Gasteiger partial charge in [0.1, 0.15) is 5.75 Å². The molecule has 1 aromatic rings. The summed E-state index contributed by atoms with van der Waals surface area (Å²) in [7, 11) is 1.64. The van der Waals surface area contributed by atoms with Crippen LogP contribution < -0.4 is 15.8 Å². The van der Waals surface area contributed by atoms with Crippen LogP contribution in [0.5, 0.6) is 5.75 Å². The molecule has 1 aromatic carbocycles. The number of ether oxygens (including phenoxy) is 1. The van der Waals surface area contributed by atoms with Crippen LogP contribution in [0.25, 0.3) is 0 Å². The van der Waals surface area contributed by atoms with Crippen LogP contribution in [0.4, 0.5) is 5.69 Å². The van der Waals surface area contributed by atoms with Gasteiger partial charge < -0.3 is 15.8 Å². The van der Waals surface area contributed by atoms with Crippen molar-refractivity contribution >= 4 is 17.3 Å². The molecule has 0 amide bonds. The van der Waals surface area contributed by atoms with Crippen LogP contribution in [0.1, 0.15) is 19.4 Å². The van der Waals surface area contributed by atoms with E-state index < -0.39 is 0 Å². The number of nitrogens with two attached hydrogens (primary N) is 1. The first kappa shape index (κ1) is 14.1. The number of nitrogens with one attached hydrogen (secondary N) is 1. The molecule has 4 heteroatoms. The molecule has 0 saturated carbocycles. The second kappa shape index (κ2) is 6.12. The predicted octanol–water partition coefficient (Wildman–Crippen LogP) is 3.05. The lowest BCUT2D eigenvalue weighted by Gasteiger charge is -2.23. The molecule has 3 nitrogen and oxygen atoms in total. The Hall–Kier alpha value is -0.930. The lowest BCUT2D eigenvalue weighted by atomic mass is 10.0. The average Bonchev–Trinajstić information content (AvgIpc) is 2.29. The third-order valence-corrected chi connectivity index (χ3v) is 3.29. The zero-order valence-electron chi connectivity index (χ0n) is 10.9. The van der Waals surface area contributed by atoms with Gasteiger partial charge in [0, 0.05) is 23.7 Å². The Kier molecular flexibility index (Phi) is 5.09. The standard InChI is InChI=1S/C13H21ClN2O/c1-8(2)12(7-15)16-11-5-9(3)10(14)6-13(11)17-4/h5-6,8,12,16H,7,15H2,1-4H3. The first-order valence-corrected chi connectivity index (χ1v) is 6.18. The van der Waals surface area contributed by atoms with Crippen molar-refractivity contribution in [1.82, 2.24) is 0 Å². The van der Waals surface area contributed by atoms with E-state index in [0.29, 0.717) is 17.5 Å². The topological polar surface area (TPSA) is 47.3 Å². The highest BCUT2D eigenvalue weighted by molar-refractivity contribution is 6.31. The summed E-state index contributed by atoms with van der Waals surface area (Å²) in [6.07, 6.45) is 0. The van der Waals surface area contributed by atoms with E-state index in [1.807, 2.05) is 19.1 Å². The summed E-state index contributed by atoms with van der Waals surface area (Å²) in [5.41, 5.74) is 7.72. The summed E-state index contributed by atoms with van der Waals surface area (Å²) in [6.45, 7) is 6.84. The molecule has 1 atom stereocenters. The van der Waals surface area contributed by atoms with Gasteiger partial charge in [-0.3, -0.25) is 0 Å². The van der Waals surface area contributed by atoms with E-state index in [4.69, 9.17) is 22.1 Å². The molecular weight excluding hydrogens is 236 g/mol. The number of hydrogen-bond acceptors (Lipinski definition) is 3. The molecule has 0 bridgehead atoms. The van der Waals surface area contributed by atoms with E-state index in [0.717, 1.165) is 17.0 Å². The van der Waals surface area contributed by atoms with Gasteiger partial charge in [-0.15, -0.1) is 0 Å². The lowest BCUT2D eigenvalue weighted by molar-refractivity contribution is 0.414. The first-order valence-electron chi connectivity index (χ1n) is 5.80. The third kappa shape index (κ3) is 3.51. The van der Waals surface area contributed by atoms with E-state index in [-0.39, 0.29) is 6.04 Å². The zero-order chi connectivity index (χ0) is 13.0. The zero-order valence-corrected chi connectivity index (χ0v) is 11.6. The van der Waals surface area contributed by atoms with Gasteiger partial charge in [0.15, 0.2) is 0 Å². The van der Waals surface area contributed by atoms with E-state index in [1.165, 1.54) is 0 Å². The average molecular weight is 257 g/mol. The summed E-state index contributed by atoms with van der Waals surface area (Å²) in [5, 5.41) is 4.12. The normalized spacial score (nSPS) is 12.6. The molecule has 0 spiro atoms. The first-order chi connectivity index (χ1) is 7.99. The maximum atomic E-state index is 6.07. The molecule has 0 radical (unpaired) electrons. The van der Waals surface area contributed by atoms with Gasteiger partial charge in [-0.25, -0.2) is 0 Å². The Labute approximate surface area is 108 Å². The van der Waals surface area contributed by atoms with Crippen molar-refractivity contribution in [1.29, 1.82) is 0 Å². The number of benzene rings is 1. The highest BCUT2D eigenvalue weighted by Crippen LogP contribution is 2.31. The molecule has 0 aromatic heterocycles. The van der Waals surface area contributed by atoms with Crippen molar-refractivity contribution in [2.75, 3.05) is 19.0 Å². The monoisotopic (exact) mass is 256 g/mol. The van der Waals surface area contributed by atoms with Crippen LogP contribution in [0.15, 0.2) is 12.1 Å². The highest BCUT2D eigenvalue weighted by atomic mass is 35.5. The molecule has 3 N–H and O–H groups in total. The van der Waals surface area contributed by atoms with Crippen molar-refractivity contribution in [2.24, 2.45) is 11.7 Å². The SMILES string of the molecule is COc1cc(Cl)c(C)cc1NC(CN)C(C)C. The van der Waals surface area contributed by atoms with Crippen LogP contribution in [-0.2, 0) is 0 Å². The fourth-order valence-corrected chi connectivity index (χ4v) is 1.80. The van der Waals surface area contributed by atoms with Crippen LogP contribution in [-0.4, -0.2) is 19.7 Å². The van der Waals surface area contributed by atoms with Gasteiger partial charge in [-0.05, 0) is 24.5 Å². The van der Waals surface area contributed by atoms with Gasteiger partial charge in [0.2, 0.25) is 0 Å². The number of methoxy groups -OCH3 is 1. The number of hydrogen-bond donors (Lipinski definition) is 2. The number of anilines is 1. The fourth-order valence-electron chi connectivity index (χ4n) is 1.64. The van der Waals surface area contributed by atoms with E-state index in [9.17, 15) is 0 Å². The molecule has 0 heterocycles. The van der Waals surface area contributed by atoms with Crippen molar-refractivity contribution < 1.29 is 4.74 Å². The van der Waals surface area contributed by atoms with E-state index in [2.05, 4.69) is 19.2 Å². The molecule has 0 fully saturated rings. The summed E-state index contributed by atoms with van der Waals surface area (Å²) in [5.74, 6) is 1.21. The van der Waals surface area contributed by atoms with E-state index >= 15 is 0 Å². The molecule has 17 heavy (non-hydrogen) atoms. The van der Waals surface area contributed by atoms with Crippen molar-refractivity contribution in [3.63, 3.8) is 0 Å². The molecule has 1 unspecified atom stereocenters. The molecule has 1 rings (SSSR count). The Morgan fingerprint density at radius 2 is 2.06 bits per heavy atom. The predicted molar refractivity (Wildman–Crippen MR) is 74.0 cm³/mol. The fraction of sp³-hybridized carbons (Fsp3) is 0.538. The second-order valence-electron chi connectivity index (χ2n) is 4.53. The van der Waals surface area contributed by atoms with Crippen molar-refractivity contribution in [3.8, 4) is 5.75 Å². The number of halogens is 1. The molecule has 0 aliphatic rings. The van der Waals surface area contributed by atoms with Crippen LogP contribution in [0.3, 0.4) is 0 Å². The maximum Gasteiger partial charge on any atom is 0.143 e. The summed E-state index contributed by atoms with van der Waals surface area (Å²) < 4.78 is 5.32. The van der Waals surface area contributed by atoms with E-state index in [1.54, 1.807) is 7.11 Å². The molecular formula is C13H21ClN2O. The number of rotatable bonds is 5. The number of aryl methyl sites for hydroxylation is 1. The van der Waals surface area contributed by atoms with Gasteiger partial charge in [0.25, 0.3) is 0 Å². The minimum absolute atomic E-state index is 0.226. The summed E-state index contributed by atoms with van der Waals surface area (Å²) in [4.78, 5) is 0. The quantitative estimate of drug-likeness (QED) is 0.851. The smallest absolute Gasteiger partial charge is 0.143 e.